The Morgan fingerprint density at radius 1 is 1.11 bits per heavy atom. The number of amides is 1. The Morgan fingerprint density at radius 3 is 2.37 bits per heavy atom. The largest absolute Gasteiger partial charge is 0.391 e. The van der Waals surface area contributed by atoms with Crippen molar-refractivity contribution in [2.24, 2.45) is 0 Å². The Hall–Kier alpha value is -1.43. The number of carbonyl (C=O) groups excluding carboxylic acids is 1. The van der Waals surface area contributed by atoms with Crippen LogP contribution in [0.4, 0.5) is 5.69 Å². The molecule has 5 nitrogen and oxygen atoms in total. The molecule has 0 bridgehead atoms. The van der Waals surface area contributed by atoms with Crippen LogP contribution in [-0.4, -0.2) is 56.9 Å². The average Bonchev–Trinajstić information content (AvgIpc) is 2.42. The zero-order chi connectivity index (χ0) is 13.5. The molecular formula is C14H23N3O2+2. The zero-order valence-corrected chi connectivity index (χ0v) is 11.2. The van der Waals surface area contributed by atoms with Gasteiger partial charge in [-0.25, -0.2) is 0 Å². The van der Waals surface area contributed by atoms with E-state index in [0.717, 1.165) is 38.4 Å². The number of quaternary nitrogens is 2. The summed E-state index contributed by atoms with van der Waals surface area (Å²) >= 11 is 0. The summed E-state index contributed by atoms with van der Waals surface area (Å²) in [6.45, 7) is 5.67. The molecule has 104 valence electrons. The second-order valence-corrected chi connectivity index (χ2v) is 5.06. The van der Waals surface area contributed by atoms with Crippen LogP contribution in [-0.2, 0) is 4.79 Å². The molecular weight excluding hydrogens is 242 g/mol. The highest BCUT2D eigenvalue weighted by atomic mass is 16.3. The standard InChI is InChI=1S/C14H21N3O2/c18-11-10-16-6-8-17(9-7-16)12-14(19)15-13-4-2-1-3-5-13/h1-5,18H,6-12H2,(H,15,19)/p+2. The van der Waals surface area contributed by atoms with E-state index < -0.39 is 0 Å². The quantitative estimate of drug-likeness (QED) is 0.472. The molecule has 4 N–H and O–H groups in total. The van der Waals surface area contributed by atoms with Gasteiger partial charge in [0.15, 0.2) is 6.54 Å². The Morgan fingerprint density at radius 2 is 1.74 bits per heavy atom. The van der Waals surface area contributed by atoms with Crippen molar-refractivity contribution < 1.29 is 19.7 Å². The highest BCUT2D eigenvalue weighted by molar-refractivity contribution is 5.91. The maximum Gasteiger partial charge on any atom is 0.279 e. The van der Waals surface area contributed by atoms with Gasteiger partial charge in [-0.3, -0.25) is 4.79 Å². The van der Waals surface area contributed by atoms with Crippen molar-refractivity contribution in [3.8, 4) is 0 Å². The fourth-order valence-corrected chi connectivity index (χ4v) is 2.50. The first-order valence-corrected chi connectivity index (χ1v) is 6.91. The predicted octanol–water partition coefficient (Wildman–Crippen LogP) is -2.60. The summed E-state index contributed by atoms with van der Waals surface area (Å²) in [6, 6.07) is 9.57. The molecule has 1 aliphatic rings. The van der Waals surface area contributed by atoms with Gasteiger partial charge in [0.25, 0.3) is 5.91 Å². The summed E-state index contributed by atoms with van der Waals surface area (Å²) in [6.07, 6.45) is 0. The minimum absolute atomic E-state index is 0.0757. The van der Waals surface area contributed by atoms with Crippen molar-refractivity contribution in [2.75, 3.05) is 51.2 Å². The first-order chi connectivity index (χ1) is 9.28. The van der Waals surface area contributed by atoms with E-state index in [0.29, 0.717) is 6.54 Å². The van der Waals surface area contributed by atoms with Crippen LogP contribution >= 0.6 is 0 Å². The number of carbonyl (C=O) groups is 1. The number of piperazine rings is 1. The lowest BCUT2D eigenvalue weighted by Gasteiger charge is -2.28. The normalized spacial score (nSPS) is 23.0. The van der Waals surface area contributed by atoms with Crippen molar-refractivity contribution in [1.82, 2.24) is 0 Å². The molecule has 0 aromatic heterocycles. The van der Waals surface area contributed by atoms with Crippen LogP contribution in [0.25, 0.3) is 0 Å². The summed E-state index contributed by atoms with van der Waals surface area (Å²) < 4.78 is 0. The average molecular weight is 265 g/mol. The summed E-state index contributed by atoms with van der Waals surface area (Å²) in [5.74, 6) is 0.0757. The third kappa shape index (κ3) is 4.63. The Labute approximate surface area is 113 Å². The molecule has 1 amide bonds. The summed E-state index contributed by atoms with van der Waals surface area (Å²) in [4.78, 5) is 14.7. The van der Waals surface area contributed by atoms with Crippen LogP contribution in [0, 0.1) is 0 Å². The van der Waals surface area contributed by atoms with Gasteiger partial charge in [0.1, 0.15) is 32.7 Å². The number of hydrogen-bond donors (Lipinski definition) is 4. The van der Waals surface area contributed by atoms with Crippen molar-refractivity contribution >= 4 is 11.6 Å². The molecule has 0 saturated carbocycles. The van der Waals surface area contributed by atoms with E-state index in [4.69, 9.17) is 5.11 Å². The molecule has 0 radical (unpaired) electrons. The van der Waals surface area contributed by atoms with Gasteiger partial charge in [0.05, 0.1) is 6.61 Å². The third-order valence-corrected chi connectivity index (χ3v) is 3.60. The monoisotopic (exact) mass is 265 g/mol. The van der Waals surface area contributed by atoms with Gasteiger partial charge in [0.2, 0.25) is 0 Å². The lowest BCUT2D eigenvalue weighted by Crippen LogP contribution is -3.28. The minimum atomic E-state index is 0.0757. The van der Waals surface area contributed by atoms with Gasteiger partial charge in [-0.15, -0.1) is 0 Å². The molecule has 1 aromatic carbocycles. The van der Waals surface area contributed by atoms with Crippen LogP contribution in [0.1, 0.15) is 0 Å². The molecule has 0 aliphatic carbocycles. The fraction of sp³-hybridized carbons (Fsp3) is 0.500. The number of rotatable bonds is 5. The summed E-state index contributed by atoms with van der Waals surface area (Å²) in [5.41, 5.74) is 0.858. The Balaban J connectivity index is 1.72. The molecule has 1 heterocycles. The fourth-order valence-electron chi connectivity index (χ4n) is 2.50. The zero-order valence-electron chi connectivity index (χ0n) is 11.2. The van der Waals surface area contributed by atoms with Crippen molar-refractivity contribution in [3.05, 3.63) is 30.3 Å². The number of hydrogen-bond acceptors (Lipinski definition) is 2. The van der Waals surface area contributed by atoms with Crippen molar-refractivity contribution in [2.45, 2.75) is 0 Å². The van der Waals surface area contributed by atoms with Gasteiger partial charge in [-0.05, 0) is 12.1 Å². The van der Waals surface area contributed by atoms with E-state index in [-0.39, 0.29) is 12.5 Å². The third-order valence-electron chi connectivity index (χ3n) is 3.60. The number of para-hydroxylation sites is 1. The molecule has 0 unspecified atom stereocenters. The van der Waals surface area contributed by atoms with Gasteiger partial charge < -0.3 is 20.2 Å². The van der Waals surface area contributed by atoms with Crippen LogP contribution in [0.15, 0.2) is 30.3 Å². The number of aliphatic hydroxyl groups excluding tert-OH is 1. The first kappa shape index (κ1) is 14.0. The van der Waals surface area contributed by atoms with Gasteiger partial charge >= 0.3 is 0 Å². The molecule has 1 fully saturated rings. The van der Waals surface area contributed by atoms with Crippen LogP contribution in [0.3, 0.4) is 0 Å². The van der Waals surface area contributed by atoms with E-state index in [9.17, 15) is 4.79 Å². The first-order valence-electron chi connectivity index (χ1n) is 6.91. The van der Waals surface area contributed by atoms with Gasteiger partial charge in [-0.2, -0.15) is 0 Å². The SMILES string of the molecule is O=C(C[NH+]1CC[NH+](CCO)CC1)Nc1ccccc1. The van der Waals surface area contributed by atoms with Crippen LogP contribution < -0.4 is 15.1 Å². The number of anilines is 1. The second kappa shape index (κ2) is 7.23. The molecule has 19 heavy (non-hydrogen) atoms. The van der Waals surface area contributed by atoms with E-state index in [1.165, 1.54) is 9.80 Å². The Kier molecular flexibility index (Phi) is 5.32. The number of benzene rings is 1. The smallest absolute Gasteiger partial charge is 0.279 e. The molecule has 0 atom stereocenters. The van der Waals surface area contributed by atoms with Crippen LogP contribution in [0.5, 0.6) is 0 Å². The van der Waals surface area contributed by atoms with E-state index in [1.54, 1.807) is 0 Å². The Bertz CT molecular complexity index is 389. The molecule has 0 spiro atoms. The summed E-state index contributed by atoms with van der Waals surface area (Å²) in [5, 5.41) is 11.8. The molecule has 2 rings (SSSR count). The maximum absolute atomic E-state index is 11.9. The highest BCUT2D eigenvalue weighted by Gasteiger charge is 2.24. The molecule has 5 heteroatoms. The lowest BCUT2D eigenvalue weighted by molar-refractivity contribution is -1.01. The second-order valence-electron chi connectivity index (χ2n) is 5.06. The minimum Gasteiger partial charge on any atom is -0.391 e. The van der Waals surface area contributed by atoms with Crippen molar-refractivity contribution in [1.29, 1.82) is 0 Å². The topological polar surface area (TPSA) is 58.2 Å². The van der Waals surface area contributed by atoms with Gasteiger partial charge in [0, 0.05) is 5.69 Å². The molecule has 1 aromatic rings. The van der Waals surface area contributed by atoms with E-state index >= 15 is 0 Å². The molecule has 1 aliphatic heterocycles. The lowest BCUT2D eigenvalue weighted by atomic mass is 10.3. The van der Waals surface area contributed by atoms with Crippen LogP contribution in [0.2, 0.25) is 0 Å². The maximum atomic E-state index is 11.9. The summed E-state index contributed by atoms with van der Waals surface area (Å²) in [7, 11) is 0. The highest BCUT2D eigenvalue weighted by Crippen LogP contribution is 2.03. The van der Waals surface area contributed by atoms with E-state index in [1.807, 2.05) is 30.3 Å². The van der Waals surface area contributed by atoms with Gasteiger partial charge in [-0.1, -0.05) is 18.2 Å². The van der Waals surface area contributed by atoms with Crippen molar-refractivity contribution in [3.63, 3.8) is 0 Å². The predicted molar refractivity (Wildman–Crippen MR) is 73.3 cm³/mol. The number of aliphatic hydroxyl groups is 1. The number of nitrogens with one attached hydrogen (secondary N) is 3. The van der Waals surface area contributed by atoms with E-state index in [2.05, 4.69) is 5.32 Å². The molecule has 1 saturated heterocycles.